The van der Waals surface area contributed by atoms with Crippen molar-refractivity contribution in [1.29, 1.82) is 0 Å². The highest BCUT2D eigenvalue weighted by atomic mass is 16.2. The Morgan fingerprint density at radius 3 is 2.89 bits per heavy atom. The van der Waals surface area contributed by atoms with Gasteiger partial charge in [0.1, 0.15) is 0 Å². The summed E-state index contributed by atoms with van der Waals surface area (Å²) in [5.41, 5.74) is 1.76. The molecule has 1 fully saturated rings. The van der Waals surface area contributed by atoms with Gasteiger partial charge in [-0.05, 0) is 25.0 Å². The van der Waals surface area contributed by atoms with E-state index in [9.17, 15) is 4.79 Å². The Labute approximate surface area is 107 Å². The Hall–Kier alpha value is -1.79. The van der Waals surface area contributed by atoms with Gasteiger partial charge in [0.15, 0.2) is 0 Å². The van der Waals surface area contributed by atoms with E-state index in [0.29, 0.717) is 12.8 Å². The van der Waals surface area contributed by atoms with Gasteiger partial charge in [0.2, 0.25) is 5.91 Å². The summed E-state index contributed by atoms with van der Waals surface area (Å²) in [5.74, 6) is 6.11. The average molecular weight is 243 g/mol. The van der Waals surface area contributed by atoms with Crippen LogP contribution in [0.2, 0.25) is 0 Å². The van der Waals surface area contributed by atoms with Crippen LogP contribution in [0.3, 0.4) is 0 Å². The molecule has 1 heterocycles. The van der Waals surface area contributed by atoms with Gasteiger partial charge < -0.3 is 10.0 Å². The summed E-state index contributed by atoms with van der Waals surface area (Å²) >= 11 is 0. The molecule has 0 aliphatic carbocycles. The lowest BCUT2D eigenvalue weighted by molar-refractivity contribution is -0.119. The lowest BCUT2D eigenvalue weighted by atomic mass is 10.1. The molecule has 1 aromatic carbocycles. The molecule has 3 nitrogen and oxygen atoms in total. The Morgan fingerprint density at radius 1 is 1.28 bits per heavy atom. The molecule has 0 radical (unpaired) electrons. The predicted molar refractivity (Wildman–Crippen MR) is 71.2 cm³/mol. The zero-order valence-corrected chi connectivity index (χ0v) is 10.4. The summed E-state index contributed by atoms with van der Waals surface area (Å²) in [4.78, 5) is 13.7. The van der Waals surface area contributed by atoms with E-state index in [1.165, 1.54) is 0 Å². The Morgan fingerprint density at radius 2 is 2.11 bits per heavy atom. The molecule has 2 rings (SSSR count). The number of amides is 1. The molecule has 0 bridgehead atoms. The lowest BCUT2D eigenvalue weighted by Gasteiger charge is -2.27. The molecule has 0 aromatic heterocycles. The second-order valence-electron chi connectivity index (χ2n) is 4.30. The van der Waals surface area contributed by atoms with E-state index in [1.54, 1.807) is 0 Å². The molecule has 0 atom stereocenters. The normalized spacial score (nSPS) is 15.2. The van der Waals surface area contributed by atoms with E-state index < -0.39 is 0 Å². The molecule has 0 unspecified atom stereocenters. The molecular weight excluding hydrogens is 226 g/mol. The summed E-state index contributed by atoms with van der Waals surface area (Å²) < 4.78 is 0. The van der Waals surface area contributed by atoms with E-state index in [2.05, 4.69) is 11.8 Å². The number of anilines is 1. The van der Waals surface area contributed by atoms with E-state index in [-0.39, 0.29) is 12.5 Å². The fraction of sp³-hybridized carbons (Fsp3) is 0.400. The highest BCUT2D eigenvalue weighted by molar-refractivity contribution is 5.95. The molecule has 94 valence electrons. The summed E-state index contributed by atoms with van der Waals surface area (Å²) in [5, 5.41) is 8.74. The fourth-order valence-corrected chi connectivity index (χ4v) is 2.09. The smallest absolute Gasteiger partial charge is 0.227 e. The molecule has 1 amide bonds. The summed E-state index contributed by atoms with van der Waals surface area (Å²) in [6.07, 6.45) is 3.11. The molecule has 1 aromatic rings. The van der Waals surface area contributed by atoms with Crippen molar-refractivity contribution in [2.45, 2.75) is 25.7 Å². The highest BCUT2D eigenvalue weighted by Crippen LogP contribution is 2.24. The third-order valence-electron chi connectivity index (χ3n) is 2.98. The van der Waals surface area contributed by atoms with Crippen molar-refractivity contribution in [2.75, 3.05) is 18.1 Å². The lowest BCUT2D eigenvalue weighted by Crippen LogP contribution is -2.35. The first kappa shape index (κ1) is 12.7. The van der Waals surface area contributed by atoms with Crippen molar-refractivity contribution in [1.82, 2.24) is 0 Å². The fourth-order valence-electron chi connectivity index (χ4n) is 2.09. The largest absolute Gasteiger partial charge is 0.395 e. The number of aliphatic hydroxyl groups is 1. The third kappa shape index (κ3) is 2.91. The van der Waals surface area contributed by atoms with Crippen LogP contribution in [-0.2, 0) is 4.79 Å². The van der Waals surface area contributed by atoms with Gasteiger partial charge in [-0.15, -0.1) is 0 Å². The van der Waals surface area contributed by atoms with Crippen molar-refractivity contribution in [3.8, 4) is 11.8 Å². The molecular formula is C15H17NO2. The quantitative estimate of drug-likeness (QED) is 0.806. The topological polar surface area (TPSA) is 40.5 Å². The van der Waals surface area contributed by atoms with Crippen LogP contribution in [0, 0.1) is 11.8 Å². The van der Waals surface area contributed by atoms with Gasteiger partial charge in [-0.1, -0.05) is 24.0 Å². The molecule has 1 aliphatic heterocycles. The van der Waals surface area contributed by atoms with Gasteiger partial charge in [-0.25, -0.2) is 0 Å². The molecule has 1 N–H and O–H groups in total. The molecule has 1 saturated heterocycles. The number of carbonyl (C=O) groups excluding carboxylic acids is 1. The first-order valence-electron chi connectivity index (χ1n) is 6.32. The van der Waals surface area contributed by atoms with Crippen LogP contribution in [0.15, 0.2) is 24.3 Å². The SMILES string of the molecule is O=C1CCCCN1c1ccccc1C#CCCO. The Balaban J connectivity index is 2.27. The van der Waals surface area contributed by atoms with Crippen LogP contribution in [0.25, 0.3) is 0 Å². The number of rotatable bonds is 2. The zero-order valence-electron chi connectivity index (χ0n) is 10.4. The van der Waals surface area contributed by atoms with Crippen LogP contribution >= 0.6 is 0 Å². The third-order valence-corrected chi connectivity index (χ3v) is 2.98. The van der Waals surface area contributed by atoms with Crippen LogP contribution in [0.4, 0.5) is 5.69 Å². The minimum atomic E-state index is 0.0673. The number of nitrogens with zero attached hydrogens (tertiary/aromatic N) is 1. The number of benzene rings is 1. The maximum absolute atomic E-state index is 11.9. The summed E-state index contributed by atoms with van der Waals surface area (Å²) in [6, 6.07) is 7.70. The molecule has 3 heteroatoms. The Kier molecular flexibility index (Phi) is 4.38. The van der Waals surface area contributed by atoms with Crippen molar-refractivity contribution in [3.63, 3.8) is 0 Å². The van der Waals surface area contributed by atoms with Crippen LogP contribution in [-0.4, -0.2) is 24.2 Å². The van der Waals surface area contributed by atoms with Gasteiger partial charge in [0, 0.05) is 24.9 Å². The number of para-hydroxylation sites is 1. The number of hydrogen-bond donors (Lipinski definition) is 1. The van der Waals surface area contributed by atoms with Gasteiger partial charge in [0.05, 0.1) is 12.3 Å². The van der Waals surface area contributed by atoms with Crippen LogP contribution < -0.4 is 4.90 Å². The second-order valence-corrected chi connectivity index (χ2v) is 4.30. The van der Waals surface area contributed by atoms with E-state index >= 15 is 0 Å². The van der Waals surface area contributed by atoms with Gasteiger partial charge >= 0.3 is 0 Å². The maximum atomic E-state index is 11.9. The van der Waals surface area contributed by atoms with E-state index in [4.69, 9.17) is 5.11 Å². The van der Waals surface area contributed by atoms with Crippen molar-refractivity contribution in [3.05, 3.63) is 29.8 Å². The molecule has 18 heavy (non-hydrogen) atoms. The predicted octanol–water partition coefficient (Wildman–Crippen LogP) is 1.94. The highest BCUT2D eigenvalue weighted by Gasteiger charge is 2.20. The molecule has 0 spiro atoms. The summed E-state index contributed by atoms with van der Waals surface area (Å²) in [7, 11) is 0. The minimum Gasteiger partial charge on any atom is -0.395 e. The number of hydrogen-bond acceptors (Lipinski definition) is 2. The number of aliphatic hydroxyl groups excluding tert-OH is 1. The van der Waals surface area contributed by atoms with Gasteiger partial charge in [0.25, 0.3) is 0 Å². The first-order chi connectivity index (χ1) is 8.83. The van der Waals surface area contributed by atoms with Gasteiger partial charge in [-0.3, -0.25) is 4.79 Å². The summed E-state index contributed by atoms with van der Waals surface area (Å²) in [6.45, 7) is 0.843. The first-order valence-corrected chi connectivity index (χ1v) is 6.32. The number of carbonyl (C=O) groups is 1. The standard InChI is InChI=1S/C15H17NO2/c17-12-6-4-8-13-7-1-2-9-14(13)16-11-5-3-10-15(16)18/h1-2,7,9,17H,3,5-6,10-12H2. The van der Waals surface area contributed by atoms with Crippen molar-refractivity contribution in [2.24, 2.45) is 0 Å². The van der Waals surface area contributed by atoms with Crippen LogP contribution in [0.1, 0.15) is 31.2 Å². The van der Waals surface area contributed by atoms with Crippen LogP contribution in [0.5, 0.6) is 0 Å². The maximum Gasteiger partial charge on any atom is 0.227 e. The van der Waals surface area contributed by atoms with Crippen molar-refractivity contribution >= 4 is 11.6 Å². The Bertz CT molecular complexity index is 485. The molecule has 0 saturated carbocycles. The zero-order chi connectivity index (χ0) is 12.8. The van der Waals surface area contributed by atoms with E-state index in [1.807, 2.05) is 29.2 Å². The monoisotopic (exact) mass is 243 g/mol. The van der Waals surface area contributed by atoms with Gasteiger partial charge in [-0.2, -0.15) is 0 Å². The van der Waals surface area contributed by atoms with Crippen molar-refractivity contribution < 1.29 is 9.90 Å². The average Bonchev–Trinajstić information content (AvgIpc) is 2.40. The molecule has 1 aliphatic rings. The number of piperidine rings is 1. The minimum absolute atomic E-state index is 0.0673. The van der Waals surface area contributed by atoms with E-state index in [0.717, 1.165) is 30.6 Å². The second kappa shape index (κ2) is 6.23.